The minimum Gasteiger partial charge on any atom is -1.00 e. The topological polar surface area (TPSA) is 358 Å². The standard InChI is InChI=1S/C28H40N4O3S2.C26H37ClN4O4S.C24H36N4O3S.C4H7NS.C2H6O.CH4O.CH3.HI.Pd/c1-3-21-4-8-24(9-5-21)26-30-27(33)28(31-26)11-14-32(15-12-28)37(34,35)17-10-23-7-6-22(18-20(23)2)19-25-29-13-16-36-25;1-4-19-5-7-21(8-6-19)24-29-25(33)26(30-24)12-14-31(15-13-26)36(34,35)16-11-20-9-10-22(28-18(3)32)23(27)17(20)2;1-3-18-4-6-20(7-5-18)22-26-23(29)24(27-22)11-13-28(14-12-24)32(30,31)15-10-19-8-9-21(25)16-17(19)2;1-4-5-2-3-6-4;1-2-3;1-2;;;/h6-7,18,21,24H,3-5,8-17,19H2,1-2H3,(H,30,31,33);9-10,19,21H,4-8,11-16H2,1-3H3,(H,28,32)(H,29,30,33);8-9,16,18,20H,3-7,10-15,25H2,1-2H3,(H,26,27,29);2-3H2,1H3;3H,2H2,1H3;2H,1H3;1H3;1H;/q;;;;;;-1;;. The van der Waals surface area contributed by atoms with Crippen LogP contribution < -0.4 is 56.0 Å². The number of aliphatic imine (C=N–C) groups is 4. The third-order valence-corrected chi connectivity index (χ3v) is 33.6. The second-order valence-corrected chi connectivity index (χ2v) is 42.1. The van der Waals surface area contributed by atoms with E-state index in [1.807, 2.05) is 55.6 Å². The SMILES string of the molecule is CC1=[NH+]CCS1.CCC1CCC(C2=NC3(CCN(S(=O)(=O)CCc4ccc(CC5=NCCS5)cc4C)CC3)C(=O)N2)CC1.CCC1CCC(C2=NC3(CCN(S(=O)(=O)CCc4ccc(N)cc4C)CC3)C(=O)N2)CC1.CCC1CCC(C2=NC3(CCN(S(=O)(=O)CCc4ccc(NC(C)=O)c(Cl)c4C)CC3)C(=O)N2)CC1.CCO.CO.[CH3-].[I-].[Pd]. The number of sulfonamides is 3. The zero-order chi connectivity index (χ0) is 84.2. The first kappa shape index (κ1) is 104. The molecule has 0 atom stereocenters. The molecule has 670 valence electrons. The van der Waals surface area contributed by atoms with Crippen LogP contribution in [-0.4, -0.2) is 211 Å². The summed E-state index contributed by atoms with van der Waals surface area (Å²) in [6.45, 7) is 22.0. The van der Waals surface area contributed by atoms with Gasteiger partial charge in [0.1, 0.15) is 34.1 Å². The fraction of sp³-hybridized carbons (Fsp3) is 0.674. The summed E-state index contributed by atoms with van der Waals surface area (Å²) in [4.78, 5) is 72.5. The normalized spacial score (nSPS) is 23.9. The minimum atomic E-state index is -3.51. The number of carbonyl (C=O) groups excluding carboxylic acids is 4. The number of thioether (sulfide) groups is 2. The summed E-state index contributed by atoms with van der Waals surface area (Å²) in [5, 5.41) is 29.4. The van der Waals surface area contributed by atoms with Gasteiger partial charge in [0.25, 0.3) is 17.7 Å². The van der Waals surface area contributed by atoms with E-state index in [0.29, 0.717) is 118 Å². The molecular weight excluding hydrogens is 1840 g/mol. The molecule has 0 radical (unpaired) electrons. The van der Waals surface area contributed by atoms with Crippen LogP contribution >= 0.6 is 35.1 Å². The number of aliphatic hydroxyl groups is 2. The van der Waals surface area contributed by atoms with Gasteiger partial charge in [0, 0.05) is 129 Å². The van der Waals surface area contributed by atoms with Gasteiger partial charge in [-0.2, -0.15) is 0 Å². The minimum absolute atomic E-state index is 0. The third-order valence-electron chi connectivity index (χ3n) is 25.5. The molecule has 8 aliphatic heterocycles. The summed E-state index contributed by atoms with van der Waals surface area (Å²) in [6, 6.07) is 15.4. The number of halogens is 2. The number of amidine groups is 3. The molecule has 3 spiro atoms. The van der Waals surface area contributed by atoms with Gasteiger partial charge in [-0.05, 0) is 237 Å². The zero-order valence-corrected chi connectivity index (χ0v) is 80.5. The third kappa shape index (κ3) is 27.9. The summed E-state index contributed by atoms with van der Waals surface area (Å²) in [6.07, 6.45) is 22.0. The molecule has 11 aliphatic rings. The van der Waals surface area contributed by atoms with Gasteiger partial charge in [-0.25, -0.2) is 43.2 Å². The number of hydrogen-bond donors (Lipinski definition) is 8. The van der Waals surface area contributed by atoms with Gasteiger partial charge in [-0.1, -0.05) is 93.7 Å². The van der Waals surface area contributed by atoms with Crippen LogP contribution in [-0.2, 0) is 95.4 Å². The maximum absolute atomic E-state index is 13.2. The van der Waals surface area contributed by atoms with E-state index in [1.54, 1.807) is 23.4 Å². The molecule has 6 fully saturated rings. The van der Waals surface area contributed by atoms with E-state index in [1.165, 1.54) is 94.7 Å². The summed E-state index contributed by atoms with van der Waals surface area (Å²) >= 11 is 10.1. The number of carbonyl (C=O) groups is 4. The number of aryl methyl sites for hydroxylation is 5. The maximum Gasteiger partial charge on any atom is 0.253 e. The van der Waals surface area contributed by atoms with E-state index in [-0.39, 0.29) is 112 Å². The number of hydrogen-bond acceptors (Lipinski definition) is 19. The Bertz CT molecular complexity index is 4410. The van der Waals surface area contributed by atoms with Gasteiger partial charge in [0.15, 0.2) is 6.54 Å². The Balaban J connectivity index is 0.000000257. The molecule has 33 heteroatoms. The number of anilines is 2. The number of rotatable bonds is 21. The molecule has 3 aliphatic carbocycles. The predicted molar refractivity (Wildman–Crippen MR) is 479 cm³/mol. The first-order valence-electron chi connectivity index (χ1n) is 42.4. The number of benzene rings is 3. The summed E-state index contributed by atoms with van der Waals surface area (Å²) in [5.74, 6) is 7.94. The van der Waals surface area contributed by atoms with E-state index in [9.17, 15) is 44.4 Å². The Hall–Kier alpha value is -4.28. The Kier molecular flexibility index (Phi) is 41.6. The molecule has 0 aromatic heterocycles. The number of nitrogens with zero attached hydrogens (tertiary/aromatic N) is 7. The van der Waals surface area contributed by atoms with Gasteiger partial charge in [0.05, 0.1) is 38.8 Å². The summed E-state index contributed by atoms with van der Waals surface area (Å²) < 4.78 is 83.2. The van der Waals surface area contributed by atoms with Crippen molar-refractivity contribution in [3.05, 3.63) is 99.9 Å². The van der Waals surface area contributed by atoms with Crippen molar-refractivity contribution in [2.75, 3.05) is 106 Å². The van der Waals surface area contributed by atoms with Crippen LogP contribution in [0, 0.1) is 63.7 Å². The van der Waals surface area contributed by atoms with Crippen LogP contribution in [0.4, 0.5) is 11.4 Å². The Morgan fingerprint density at radius 1 is 0.571 bits per heavy atom. The summed E-state index contributed by atoms with van der Waals surface area (Å²) in [5.41, 5.74) is 11.6. The number of piperidine rings is 3. The van der Waals surface area contributed by atoms with E-state index in [2.05, 4.69) is 84.1 Å². The molecule has 3 aromatic rings. The molecule has 9 N–H and O–H groups in total. The van der Waals surface area contributed by atoms with Crippen molar-refractivity contribution in [2.45, 2.75) is 239 Å². The van der Waals surface area contributed by atoms with Crippen molar-refractivity contribution in [2.24, 2.45) is 55.5 Å². The number of aliphatic hydroxyl groups excluding tert-OH is 2. The predicted octanol–water partition coefficient (Wildman–Crippen LogP) is 7.51. The Labute approximate surface area is 755 Å². The molecule has 8 heterocycles. The van der Waals surface area contributed by atoms with Crippen molar-refractivity contribution in [3.8, 4) is 0 Å². The van der Waals surface area contributed by atoms with Crippen molar-refractivity contribution in [1.29, 1.82) is 0 Å². The molecule has 3 aromatic carbocycles. The average molecular weight is 1970 g/mol. The van der Waals surface area contributed by atoms with E-state index in [0.717, 1.165) is 140 Å². The number of nitrogen functional groups attached to an aromatic ring is 1. The maximum atomic E-state index is 13.2. The Morgan fingerprint density at radius 3 is 1.24 bits per heavy atom. The van der Waals surface area contributed by atoms with Gasteiger partial charge < -0.3 is 68.6 Å². The molecule has 119 heavy (non-hydrogen) atoms. The Morgan fingerprint density at radius 2 is 0.933 bits per heavy atom. The molecule has 25 nitrogen and oxygen atoms in total. The quantitative estimate of drug-likeness (QED) is 0.0221. The zero-order valence-electron chi connectivity index (χ0n) is 72.0. The fourth-order valence-corrected chi connectivity index (χ4v) is 24.1. The van der Waals surface area contributed by atoms with Crippen molar-refractivity contribution in [3.63, 3.8) is 0 Å². The number of nitrogens with two attached hydrogens (primary N) is 1. The molecule has 3 saturated carbocycles. The van der Waals surface area contributed by atoms with Crippen molar-refractivity contribution >= 4 is 128 Å². The van der Waals surface area contributed by atoms with Gasteiger partial charge in [-0.3, -0.25) is 39.1 Å². The number of nitrogens with one attached hydrogen (secondary N) is 5. The van der Waals surface area contributed by atoms with Gasteiger partial charge >= 0.3 is 0 Å². The molecular formula is C86H134ClIN13O12PdS5-. The van der Waals surface area contributed by atoms with Crippen molar-refractivity contribution in [1.82, 2.24) is 28.9 Å². The van der Waals surface area contributed by atoms with Gasteiger partial charge in [0.2, 0.25) is 41.0 Å². The van der Waals surface area contributed by atoms with E-state index < -0.39 is 46.7 Å². The molecule has 4 amide bonds. The first-order valence-corrected chi connectivity index (χ1v) is 49.6. The molecule has 14 rings (SSSR count). The van der Waals surface area contributed by atoms with Crippen LogP contribution in [0.25, 0.3) is 0 Å². The fourth-order valence-electron chi connectivity index (χ4n) is 17.8. The first-order chi connectivity index (χ1) is 55.3. The van der Waals surface area contributed by atoms with Crippen molar-refractivity contribution < 1.29 is 104 Å². The van der Waals surface area contributed by atoms with E-state index >= 15 is 0 Å². The second-order valence-electron chi connectivity index (χ2n) is 33.0. The van der Waals surface area contributed by atoms with Crippen LogP contribution in [0.15, 0.2) is 68.5 Å². The molecule has 0 unspecified atom stereocenters. The van der Waals surface area contributed by atoms with Crippen LogP contribution in [0.1, 0.15) is 215 Å². The average Bonchev–Trinajstić information content (AvgIpc) is 1.64. The van der Waals surface area contributed by atoms with E-state index in [4.69, 9.17) is 42.5 Å². The largest absolute Gasteiger partial charge is 1.00 e. The molecule has 0 bridgehead atoms. The molecule has 3 saturated heterocycles. The van der Waals surface area contributed by atoms with Crippen LogP contribution in [0.5, 0.6) is 0 Å². The summed E-state index contributed by atoms with van der Waals surface area (Å²) in [7, 11) is -9.30. The van der Waals surface area contributed by atoms with Crippen LogP contribution in [0.2, 0.25) is 5.02 Å². The number of amides is 4. The van der Waals surface area contributed by atoms with Gasteiger partial charge in [-0.15, -0.1) is 11.8 Å². The van der Waals surface area contributed by atoms with Crippen LogP contribution in [0.3, 0.4) is 0 Å². The monoisotopic (exact) mass is 1970 g/mol. The second kappa shape index (κ2) is 47.9. The smallest absolute Gasteiger partial charge is 0.253 e.